The number of carbonyl (C=O) groups is 1. The Morgan fingerprint density at radius 3 is 1.93 bits per heavy atom. The minimum Gasteiger partial charge on any atom is -0.660 e. The van der Waals surface area contributed by atoms with Crippen LogP contribution in [0.1, 0.15) is 104 Å². The van der Waals surface area contributed by atoms with Gasteiger partial charge in [0.25, 0.3) is 0 Å². The van der Waals surface area contributed by atoms with Gasteiger partial charge in [-0.25, -0.2) is 10.1 Å². The van der Waals surface area contributed by atoms with E-state index in [1.54, 1.807) is 4.90 Å². The van der Waals surface area contributed by atoms with E-state index in [1.165, 1.54) is 30.4 Å². The fourth-order valence-electron chi connectivity index (χ4n) is 4.95. The number of allylic oxidation sites excluding steroid dienone is 4. The number of aryl methyl sites for hydroxylation is 1. The van der Waals surface area contributed by atoms with E-state index in [0.717, 1.165) is 83.4 Å². The maximum absolute atomic E-state index is 12.9. The molecule has 0 unspecified atom stereocenters. The molecule has 2 aliphatic heterocycles. The number of benzene rings is 1. The Morgan fingerprint density at radius 1 is 0.848 bits per heavy atom. The first-order valence-corrected chi connectivity index (χ1v) is 17.4. The van der Waals surface area contributed by atoms with Crippen molar-refractivity contribution < 1.29 is 52.4 Å². The molecule has 0 saturated carbocycles. The second kappa shape index (κ2) is 27.6. The van der Waals surface area contributed by atoms with Crippen LogP contribution < -0.4 is 9.62 Å². The summed E-state index contributed by atoms with van der Waals surface area (Å²) in [5, 5.41) is 13.8. The second-order valence-electron chi connectivity index (χ2n) is 12.7. The molecule has 2 aliphatic rings. The number of ether oxygens (including phenoxy) is 1. The van der Waals surface area contributed by atoms with Gasteiger partial charge in [-0.05, 0) is 97.8 Å². The molecule has 0 bridgehead atoms. The number of hydrogen-bond donors (Lipinski definition) is 1. The predicted molar refractivity (Wildman–Crippen MR) is 190 cm³/mol. The zero-order valence-electron chi connectivity index (χ0n) is 30.6. The van der Waals surface area contributed by atoms with Crippen LogP contribution in [0.4, 0.5) is 4.79 Å². The van der Waals surface area contributed by atoms with Gasteiger partial charge in [-0.3, -0.25) is 0 Å². The topological polar surface area (TPSA) is 79.6 Å². The summed E-state index contributed by atoms with van der Waals surface area (Å²) in [6, 6.07) is 3.80. The summed E-state index contributed by atoms with van der Waals surface area (Å²) >= 11 is 0. The quantitative estimate of drug-likeness (QED) is 0.0952. The Morgan fingerprint density at radius 2 is 1.43 bits per heavy atom. The zero-order valence-corrected chi connectivity index (χ0v) is 33.4. The van der Waals surface area contributed by atoms with Crippen LogP contribution in [0.5, 0.6) is 11.5 Å². The van der Waals surface area contributed by atoms with Gasteiger partial charge in [-0.1, -0.05) is 76.2 Å². The largest absolute Gasteiger partial charge is 0.660 e. The zero-order chi connectivity index (χ0) is 33.5. The molecule has 1 radical (unpaired) electrons. The van der Waals surface area contributed by atoms with Crippen molar-refractivity contribution in [2.45, 2.75) is 106 Å². The molecule has 1 amide bonds. The Balaban J connectivity index is 0.00000130. The van der Waals surface area contributed by atoms with Crippen molar-refractivity contribution in [1.29, 1.82) is 0 Å². The van der Waals surface area contributed by atoms with E-state index in [0.29, 0.717) is 36.6 Å². The van der Waals surface area contributed by atoms with Crippen LogP contribution >= 0.6 is 0 Å². The maximum atomic E-state index is 12.9. The minimum absolute atomic E-state index is 0. The van der Waals surface area contributed by atoms with Crippen molar-refractivity contribution in [1.82, 2.24) is 14.7 Å². The number of carbonyl (C=O) groups excluding carboxylic acids is 1. The van der Waals surface area contributed by atoms with Crippen LogP contribution in [0, 0.1) is 0 Å². The van der Waals surface area contributed by atoms with Crippen LogP contribution in [0.15, 0.2) is 35.4 Å². The second-order valence-corrected chi connectivity index (χ2v) is 12.7. The molecule has 0 spiro atoms. The fourth-order valence-corrected chi connectivity index (χ4v) is 4.95. The van der Waals surface area contributed by atoms with E-state index in [4.69, 9.17) is 9.62 Å². The van der Waals surface area contributed by atoms with Gasteiger partial charge in [-0.2, -0.15) is 0 Å². The van der Waals surface area contributed by atoms with Crippen molar-refractivity contribution >= 4 is 6.09 Å². The monoisotopic (exact) mass is 718 g/mol. The number of likely N-dealkylation sites (N-methyl/N-ethyl adjacent to an activating group) is 2. The van der Waals surface area contributed by atoms with Crippen molar-refractivity contribution in [2.75, 3.05) is 66.5 Å². The molecule has 1 aromatic carbocycles. The standard InChI is InChI=1S/C27H42N2O4.C5H11N2.C5H12.Y/c1-6-7-8-12-23-19-25(32-27(30)29-17-15-28(5)16-18-29)24(26(20-23)33-31)14-13-22(4)11-9-10-21(2)3;1-7-4-2-6-3-5-7;1-3-5-4-2;/h10,13,19-20,31H,6-9,11-12,14-18H2,1-5H3;2-5H2,1H3;3-5H2,1-2H3;/q;-1;;/b22-13+;;;. The van der Waals surface area contributed by atoms with E-state index in [2.05, 4.69) is 82.9 Å². The number of rotatable bonds is 13. The fraction of sp³-hybridized carbons (Fsp3) is 0.703. The molecule has 9 heteroatoms. The smallest absolute Gasteiger partial charge is 0.415 e. The number of piperazine rings is 2. The van der Waals surface area contributed by atoms with Crippen LogP contribution in [0.2, 0.25) is 0 Å². The molecular weight excluding hydrogens is 653 g/mol. The first-order valence-electron chi connectivity index (χ1n) is 17.4. The van der Waals surface area contributed by atoms with E-state index < -0.39 is 0 Å². The summed E-state index contributed by atoms with van der Waals surface area (Å²) in [4.78, 5) is 23.9. The van der Waals surface area contributed by atoms with Gasteiger partial charge in [0.15, 0.2) is 5.75 Å². The predicted octanol–water partition coefficient (Wildman–Crippen LogP) is 8.75. The third kappa shape index (κ3) is 20.2. The van der Waals surface area contributed by atoms with E-state index >= 15 is 0 Å². The molecule has 1 N–H and O–H groups in total. The molecule has 2 fully saturated rings. The molecule has 0 aliphatic carbocycles. The number of nitrogens with zero attached hydrogens (tertiary/aromatic N) is 4. The summed E-state index contributed by atoms with van der Waals surface area (Å²) < 4.78 is 5.89. The summed E-state index contributed by atoms with van der Waals surface area (Å²) in [6.45, 7) is 20.2. The van der Waals surface area contributed by atoms with Crippen molar-refractivity contribution in [2.24, 2.45) is 0 Å². The van der Waals surface area contributed by atoms with E-state index in [9.17, 15) is 10.1 Å². The molecule has 1 aromatic rings. The normalized spacial score (nSPS) is 15.4. The van der Waals surface area contributed by atoms with Crippen LogP contribution in [0.25, 0.3) is 5.32 Å². The molecular formula is C37H65N4O4Y-. The van der Waals surface area contributed by atoms with Gasteiger partial charge >= 0.3 is 6.09 Å². The van der Waals surface area contributed by atoms with Gasteiger partial charge in [-0.15, -0.1) is 13.1 Å². The molecule has 8 nitrogen and oxygen atoms in total. The SMILES string of the molecule is CCCCC.CCCCCc1cc(OO)c(C/C=C(\C)CCC=C(C)C)c(OC(=O)N2CCN(C)CC2)c1.CN1CC[N-]CC1.[Y]. The number of amides is 1. The van der Waals surface area contributed by atoms with Crippen LogP contribution in [0.3, 0.4) is 0 Å². The first kappa shape index (κ1) is 44.7. The Kier molecular flexibility index (Phi) is 26.9. The van der Waals surface area contributed by atoms with Crippen molar-refractivity contribution in [3.8, 4) is 11.5 Å². The van der Waals surface area contributed by atoms with Crippen LogP contribution in [-0.2, 0) is 45.6 Å². The molecule has 261 valence electrons. The number of unbranched alkanes of at least 4 members (excludes halogenated alkanes) is 4. The Hall–Kier alpha value is -1.29. The first-order chi connectivity index (χ1) is 21.6. The molecule has 0 atom stereocenters. The van der Waals surface area contributed by atoms with E-state index in [-0.39, 0.29) is 38.8 Å². The minimum atomic E-state index is -0.344. The molecule has 3 rings (SSSR count). The van der Waals surface area contributed by atoms with Crippen LogP contribution in [-0.4, -0.2) is 92.5 Å². The van der Waals surface area contributed by atoms with Crippen molar-refractivity contribution in [3.63, 3.8) is 0 Å². The third-order valence-corrected chi connectivity index (χ3v) is 8.09. The molecule has 2 heterocycles. The Labute approximate surface area is 307 Å². The van der Waals surface area contributed by atoms with Gasteiger partial charge < -0.3 is 29.6 Å². The van der Waals surface area contributed by atoms with Gasteiger partial charge in [0.05, 0.1) is 0 Å². The van der Waals surface area contributed by atoms with Crippen molar-refractivity contribution in [3.05, 3.63) is 51.9 Å². The average Bonchev–Trinajstić information content (AvgIpc) is 3.02. The average molecular weight is 719 g/mol. The van der Waals surface area contributed by atoms with Gasteiger partial charge in [0.2, 0.25) is 0 Å². The summed E-state index contributed by atoms with van der Waals surface area (Å²) in [5.41, 5.74) is 4.26. The third-order valence-electron chi connectivity index (χ3n) is 8.09. The maximum Gasteiger partial charge on any atom is 0.415 e. The summed E-state index contributed by atoms with van der Waals surface area (Å²) in [7, 11) is 4.19. The Bertz CT molecular complexity index is 997. The molecule has 46 heavy (non-hydrogen) atoms. The van der Waals surface area contributed by atoms with E-state index in [1.807, 2.05) is 12.1 Å². The molecule has 2 saturated heterocycles. The molecule has 0 aromatic heterocycles. The van der Waals surface area contributed by atoms with Gasteiger partial charge in [0.1, 0.15) is 5.75 Å². The summed E-state index contributed by atoms with van der Waals surface area (Å²) in [6.07, 6.45) is 14.7. The van der Waals surface area contributed by atoms with Gasteiger partial charge in [0, 0.05) is 64.5 Å². The number of hydrogen-bond acceptors (Lipinski definition) is 6. The summed E-state index contributed by atoms with van der Waals surface area (Å²) in [5.74, 6) is 0.837.